The van der Waals surface area contributed by atoms with Crippen molar-refractivity contribution in [2.75, 3.05) is 18.8 Å². The van der Waals surface area contributed by atoms with E-state index in [1.54, 1.807) is 11.8 Å². The van der Waals surface area contributed by atoms with E-state index in [9.17, 15) is 4.79 Å². The molecule has 2 N–H and O–H groups in total. The Morgan fingerprint density at radius 1 is 1.59 bits per heavy atom. The molecule has 1 rings (SSSR count). The lowest BCUT2D eigenvalue weighted by Gasteiger charge is -2.11. The first-order chi connectivity index (χ1) is 8.11. The normalized spacial score (nSPS) is 12.6. The maximum Gasteiger partial charge on any atom is 0.251 e. The molecule has 5 heteroatoms. The fourth-order valence-electron chi connectivity index (χ4n) is 1.43. The minimum absolute atomic E-state index is 0.0724. The number of hydrogen-bond acceptors (Lipinski definition) is 4. The topological polar surface area (TPSA) is 57.8 Å². The molecule has 0 aromatic carbocycles. The van der Waals surface area contributed by atoms with Crippen LogP contribution in [0.4, 0.5) is 0 Å². The zero-order valence-electron chi connectivity index (χ0n) is 10.7. The Balaban J connectivity index is 2.36. The minimum Gasteiger partial charge on any atom is -0.316 e. The van der Waals surface area contributed by atoms with Gasteiger partial charge in [0.05, 0.1) is 0 Å². The van der Waals surface area contributed by atoms with Crippen molar-refractivity contribution in [2.24, 2.45) is 5.92 Å². The van der Waals surface area contributed by atoms with Crippen LogP contribution in [0, 0.1) is 12.8 Å². The van der Waals surface area contributed by atoms with Gasteiger partial charge in [-0.15, -0.1) is 0 Å². The Hall–Kier alpha value is -0.810. The van der Waals surface area contributed by atoms with Crippen LogP contribution in [-0.2, 0) is 0 Å². The molecular formula is C12H21N3OS. The van der Waals surface area contributed by atoms with Crippen molar-refractivity contribution in [3.05, 3.63) is 22.1 Å². The highest BCUT2D eigenvalue weighted by molar-refractivity contribution is 7.99. The number of nitrogens with one attached hydrogen (secondary N) is 2. The summed E-state index contributed by atoms with van der Waals surface area (Å²) in [6.07, 6.45) is 1.16. The third kappa shape index (κ3) is 5.89. The Morgan fingerprint density at radius 2 is 2.35 bits per heavy atom. The summed E-state index contributed by atoms with van der Waals surface area (Å²) in [5.41, 5.74) is 0.699. The molecule has 0 aliphatic heterocycles. The van der Waals surface area contributed by atoms with Gasteiger partial charge < -0.3 is 10.3 Å². The van der Waals surface area contributed by atoms with Gasteiger partial charge in [-0.25, -0.2) is 4.98 Å². The fraction of sp³-hybridized carbons (Fsp3) is 0.667. The van der Waals surface area contributed by atoms with Gasteiger partial charge in [-0.05, 0) is 32.4 Å². The van der Waals surface area contributed by atoms with Gasteiger partial charge in [0.15, 0.2) is 5.16 Å². The third-order valence-corrected chi connectivity index (χ3v) is 3.47. The summed E-state index contributed by atoms with van der Waals surface area (Å²) in [6.45, 7) is 8.27. The number of aryl methyl sites for hydroxylation is 1. The molecular weight excluding hydrogens is 234 g/mol. The smallest absolute Gasteiger partial charge is 0.251 e. The van der Waals surface area contributed by atoms with Gasteiger partial charge in [-0.1, -0.05) is 25.6 Å². The lowest BCUT2D eigenvalue weighted by molar-refractivity contribution is 0.556. The largest absolute Gasteiger partial charge is 0.316 e. The average Bonchev–Trinajstić information content (AvgIpc) is 2.25. The minimum atomic E-state index is -0.0724. The summed E-state index contributed by atoms with van der Waals surface area (Å²) in [7, 11) is 0. The SMILES string of the molecule is CCCNCC(C)CSc1nc(C)cc(=O)[nH]1. The molecule has 1 unspecified atom stereocenters. The third-order valence-electron chi connectivity index (χ3n) is 2.27. The number of aromatic nitrogens is 2. The predicted molar refractivity (Wildman–Crippen MR) is 72.6 cm³/mol. The molecule has 0 fully saturated rings. The maximum atomic E-state index is 11.2. The zero-order valence-corrected chi connectivity index (χ0v) is 11.6. The number of thioether (sulfide) groups is 1. The second-order valence-corrected chi connectivity index (χ2v) is 5.32. The highest BCUT2D eigenvalue weighted by Gasteiger charge is 2.04. The molecule has 1 aromatic heterocycles. The van der Waals surface area contributed by atoms with E-state index in [1.165, 1.54) is 6.07 Å². The van der Waals surface area contributed by atoms with E-state index in [1.807, 2.05) is 6.92 Å². The fourth-order valence-corrected chi connectivity index (χ4v) is 2.37. The Kier molecular flexibility index (Phi) is 6.29. The van der Waals surface area contributed by atoms with E-state index in [2.05, 4.69) is 29.1 Å². The van der Waals surface area contributed by atoms with E-state index in [-0.39, 0.29) is 5.56 Å². The van der Waals surface area contributed by atoms with Gasteiger partial charge >= 0.3 is 0 Å². The summed E-state index contributed by atoms with van der Waals surface area (Å²) >= 11 is 1.61. The van der Waals surface area contributed by atoms with Gasteiger partial charge in [0.1, 0.15) is 0 Å². The molecule has 0 saturated heterocycles. The van der Waals surface area contributed by atoms with Crippen molar-refractivity contribution < 1.29 is 0 Å². The Labute approximate surface area is 107 Å². The first-order valence-corrected chi connectivity index (χ1v) is 7.02. The second kappa shape index (κ2) is 7.50. The van der Waals surface area contributed by atoms with Crippen LogP contribution in [0.15, 0.2) is 16.0 Å². The molecule has 96 valence electrons. The average molecular weight is 255 g/mol. The molecule has 1 aromatic rings. The number of hydrogen-bond donors (Lipinski definition) is 2. The lowest BCUT2D eigenvalue weighted by Crippen LogP contribution is -2.23. The molecule has 1 atom stereocenters. The second-order valence-electron chi connectivity index (χ2n) is 4.31. The van der Waals surface area contributed by atoms with E-state index in [0.717, 1.165) is 36.1 Å². The van der Waals surface area contributed by atoms with Crippen LogP contribution < -0.4 is 10.9 Å². The highest BCUT2D eigenvalue weighted by atomic mass is 32.2. The van der Waals surface area contributed by atoms with Crippen LogP contribution in [0.5, 0.6) is 0 Å². The van der Waals surface area contributed by atoms with Crippen molar-refractivity contribution >= 4 is 11.8 Å². The number of rotatable bonds is 7. The first-order valence-electron chi connectivity index (χ1n) is 6.03. The Bertz CT molecular complexity index is 392. The van der Waals surface area contributed by atoms with Gasteiger partial charge in [0.2, 0.25) is 0 Å². The molecule has 0 amide bonds. The summed E-state index contributed by atoms with van der Waals surface area (Å²) < 4.78 is 0. The quantitative estimate of drug-likeness (QED) is 0.443. The van der Waals surface area contributed by atoms with Crippen LogP contribution in [0.25, 0.3) is 0 Å². The molecule has 17 heavy (non-hydrogen) atoms. The van der Waals surface area contributed by atoms with Crippen LogP contribution in [0.2, 0.25) is 0 Å². The zero-order chi connectivity index (χ0) is 12.7. The van der Waals surface area contributed by atoms with Crippen molar-refractivity contribution in [1.82, 2.24) is 15.3 Å². The Morgan fingerprint density at radius 3 is 3.00 bits per heavy atom. The van der Waals surface area contributed by atoms with Crippen LogP contribution in [0.1, 0.15) is 26.0 Å². The van der Waals surface area contributed by atoms with Gasteiger partial charge in [0, 0.05) is 17.5 Å². The number of H-pyrrole nitrogens is 1. The van der Waals surface area contributed by atoms with E-state index >= 15 is 0 Å². The molecule has 0 aliphatic carbocycles. The standard InChI is InChI=1S/C12H21N3OS/c1-4-5-13-7-9(2)8-17-12-14-10(3)6-11(16)15-12/h6,9,13H,4-5,7-8H2,1-3H3,(H,14,15,16). The van der Waals surface area contributed by atoms with Crippen molar-refractivity contribution in [3.63, 3.8) is 0 Å². The maximum absolute atomic E-state index is 11.2. The molecule has 0 spiro atoms. The molecule has 0 radical (unpaired) electrons. The van der Waals surface area contributed by atoms with Crippen LogP contribution >= 0.6 is 11.8 Å². The first kappa shape index (κ1) is 14.3. The van der Waals surface area contributed by atoms with Gasteiger partial charge in [-0.3, -0.25) is 4.79 Å². The molecule has 4 nitrogen and oxygen atoms in total. The summed E-state index contributed by atoms with van der Waals surface area (Å²) in [5, 5.41) is 4.11. The summed E-state index contributed by atoms with van der Waals surface area (Å²) in [4.78, 5) is 18.3. The van der Waals surface area contributed by atoms with E-state index in [0.29, 0.717) is 5.92 Å². The number of aromatic amines is 1. The molecule has 0 bridgehead atoms. The molecule has 0 aliphatic rings. The van der Waals surface area contributed by atoms with Crippen molar-refractivity contribution in [2.45, 2.75) is 32.3 Å². The monoisotopic (exact) mass is 255 g/mol. The van der Waals surface area contributed by atoms with Crippen molar-refractivity contribution in [1.29, 1.82) is 0 Å². The molecule has 0 saturated carbocycles. The summed E-state index contributed by atoms with van der Waals surface area (Å²) in [6, 6.07) is 1.51. The van der Waals surface area contributed by atoms with Gasteiger partial charge in [-0.2, -0.15) is 0 Å². The highest BCUT2D eigenvalue weighted by Crippen LogP contribution is 2.15. The predicted octanol–water partition coefficient (Wildman–Crippen LogP) is 1.81. The molecule has 1 heterocycles. The van der Waals surface area contributed by atoms with E-state index in [4.69, 9.17) is 0 Å². The van der Waals surface area contributed by atoms with Gasteiger partial charge in [0.25, 0.3) is 5.56 Å². The van der Waals surface area contributed by atoms with Crippen LogP contribution in [0.3, 0.4) is 0 Å². The van der Waals surface area contributed by atoms with Crippen LogP contribution in [-0.4, -0.2) is 28.8 Å². The van der Waals surface area contributed by atoms with E-state index < -0.39 is 0 Å². The summed E-state index contributed by atoms with van der Waals surface area (Å²) in [5.74, 6) is 1.53. The number of nitrogens with zero attached hydrogens (tertiary/aromatic N) is 1. The van der Waals surface area contributed by atoms with Crippen molar-refractivity contribution in [3.8, 4) is 0 Å². The lowest BCUT2D eigenvalue weighted by atomic mass is 10.2.